The van der Waals surface area contributed by atoms with Crippen LogP contribution in [0.5, 0.6) is 0 Å². The number of hydrogen-bond donors (Lipinski definition) is 1. The predicted molar refractivity (Wildman–Crippen MR) is 91.9 cm³/mol. The van der Waals surface area contributed by atoms with Crippen molar-refractivity contribution in [3.05, 3.63) is 69.0 Å². The Morgan fingerprint density at radius 2 is 1.86 bits per heavy atom. The molecular formula is C16H10Cl2N2OS. The van der Waals surface area contributed by atoms with Crippen molar-refractivity contribution in [2.24, 2.45) is 0 Å². The van der Waals surface area contributed by atoms with Crippen molar-refractivity contribution in [2.45, 2.75) is 0 Å². The number of anilines is 1. The number of thiazole rings is 1. The Labute approximate surface area is 141 Å². The largest absolute Gasteiger partial charge is 0.375 e. The average molecular weight is 349 g/mol. The molecule has 0 aliphatic heterocycles. The molecule has 0 fully saturated rings. The van der Waals surface area contributed by atoms with E-state index in [9.17, 15) is 4.79 Å². The van der Waals surface area contributed by atoms with Crippen LogP contribution < -0.4 is 5.73 Å². The van der Waals surface area contributed by atoms with E-state index < -0.39 is 0 Å². The van der Waals surface area contributed by atoms with E-state index >= 15 is 0 Å². The van der Waals surface area contributed by atoms with Crippen molar-refractivity contribution < 1.29 is 4.79 Å². The maximum Gasteiger partial charge on any atom is 0.205 e. The average Bonchev–Trinajstić information content (AvgIpc) is 2.88. The molecule has 3 nitrogen and oxygen atoms in total. The SMILES string of the molecule is Nc1nc(-c2ccccc2Cl)c(C(=O)c2cccc(Cl)c2)s1. The summed E-state index contributed by atoms with van der Waals surface area (Å²) in [6, 6.07) is 14.0. The number of rotatable bonds is 3. The lowest BCUT2D eigenvalue weighted by Crippen LogP contribution is -2.01. The number of carbonyl (C=O) groups is 1. The van der Waals surface area contributed by atoms with E-state index in [1.807, 2.05) is 18.2 Å². The van der Waals surface area contributed by atoms with Crippen LogP contribution in [0.2, 0.25) is 10.0 Å². The minimum absolute atomic E-state index is 0.174. The summed E-state index contributed by atoms with van der Waals surface area (Å²) in [5.41, 5.74) is 7.47. The topological polar surface area (TPSA) is 56.0 Å². The Morgan fingerprint density at radius 3 is 2.59 bits per heavy atom. The molecule has 110 valence electrons. The monoisotopic (exact) mass is 348 g/mol. The van der Waals surface area contributed by atoms with E-state index in [1.54, 1.807) is 30.3 Å². The molecule has 2 aromatic carbocycles. The van der Waals surface area contributed by atoms with E-state index in [1.165, 1.54) is 0 Å². The normalized spacial score (nSPS) is 10.6. The summed E-state index contributed by atoms with van der Waals surface area (Å²) in [7, 11) is 0. The lowest BCUT2D eigenvalue weighted by molar-refractivity contribution is 0.104. The van der Waals surface area contributed by atoms with Crippen molar-refractivity contribution in [3.8, 4) is 11.3 Å². The van der Waals surface area contributed by atoms with E-state index in [0.717, 1.165) is 11.3 Å². The Balaban J connectivity index is 2.13. The number of nitrogens with two attached hydrogens (primary N) is 1. The first kappa shape index (κ1) is 15.0. The zero-order chi connectivity index (χ0) is 15.7. The van der Waals surface area contributed by atoms with Crippen molar-refractivity contribution in [2.75, 3.05) is 5.73 Å². The van der Waals surface area contributed by atoms with Crippen LogP contribution in [0.25, 0.3) is 11.3 Å². The molecule has 2 N–H and O–H groups in total. The van der Waals surface area contributed by atoms with Gasteiger partial charge in [0.05, 0.1) is 10.7 Å². The van der Waals surface area contributed by atoms with E-state index in [2.05, 4.69) is 4.98 Å². The first-order valence-electron chi connectivity index (χ1n) is 6.37. The highest BCUT2D eigenvalue weighted by Gasteiger charge is 2.21. The molecule has 1 aromatic heterocycles. The molecule has 0 saturated carbocycles. The van der Waals surface area contributed by atoms with Crippen molar-refractivity contribution in [1.29, 1.82) is 0 Å². The lowest BCUT2D eigenvalue weighted by atomic mass is 10.1. The molecule has 22 heavy (non-hydrogen) atoms. The summed E-state index contributed by atoms with van der Waals surface area (Å²) in [6.45, 7) is 0. The summed E-state index contributed by atoms with van der Waals surface area (Å²) in [5.74, 6) is -0.174. The number of halogens is 2. The molecule has 1 heterocycles. The molecule has 0 spiro atoms. The van der Waals surface area contributed by atoms with Gasteiger partial charge in [-0.1, -0.05) is 64.9 Å². The van der Waals surface area contributed by atoms with Crippen molar-refractivity contribution in [1.82, 2.24) is 4.98 Å². The molecule has 6 heteroatoms. The van der Waals surface area contributed by atoms with Gasteiger partial charge in [-0.3, -0.25) is 4.79 Å². The molecule has 0 amide bonds. The maximum absolute atomic E-state index is 12.7. The minimum Gasteiger partial charge on any atom is -0.375 e. The van der Waals surface area contributed by atoms with Crippen LogP contribution >= 0.6 is 34.5 Å². The maximum atomic E-state index is 12.7. The highest BCUT2D eigenvalue weighted by atomic mass is 35.5. The van der Waals surface area contributed by atoms with Crippen LogP contribution in [-0.4, -0.2) is 10.8 Å². The van der Waals surface area contributed by atoms with Gasteiger partial charge >= 0.3 is 0 Å². The highest BCUT2D eigenvalue weighted by Crippen LogP contribution is 2.35. The van der Waals surface area contributed by atoms with Gasteiger partial charge in [-0.2, -0.15) is 0 Å². The van der Waals surface area contributed by atoms with Crippen LogP contribution in [0.4, 0.5) is 5.13 Å². The molecule has 0 saturated heterocycles. The van der Waals surface area contributed by atoms with Gasteiger partial charge in [-0.15, -0.1) is 0 Å². The van der Waals surface area contributed by atoms with Crippen LogP contribution in [0.15, 0.2) is 48.5 Å². The Bertz CT molecular complexity index is 861. The zero-order valence-corrected chi connectivity index (χ0v) is 13.5. The summed E-state index contributed by atoms with van der Waals surface area (Å²) < 4.78 is 0. The Hall–Kier alpha value is -1.88. The smallest absolute Gasteiger partial charge is 0.205 e. The molecule has 0 aliphatic carbocycles. The van der Waals surface area contributed by atoms with E-state index in [4.69, 9.17) is 28.9 Å². The second kappa shape index (κ2) is 6.08. The second-order valence-corrected chi connectivity index (χ2v) is 6.42. The van der Waals surface area contributed by atoms with Crippen LogP contribution in [-0.2, 0) is 0 Å². The number of carbonyl (C=O) groups excluding carboxylic acids is 1. The molecule has 3 aromatic rings. The first-order chi connectivity index (χ1) is 10.6. The summed E-state index contributed by atoms with van der Waals surface area (Å²) in [5, 5.41) is 1.34. The third kappa shape index (κ3) is 2.86. The van der Waals surface area contributed by atoms with Gasteiger partial charge in [-0.05, 0) is 18.2 Å². The van der Waals surface area contributed by atoms with E-state index in [0.29, 0.717) is 36.9 Å². The van der Waals surface area contributed by atoms with Crippen molar-refractivity contribution >= 4 is 45.5 Å². The van der Waals surface area contributed by atoms with Gasteiger partial charge in [0.15, 0.2) is 5.13 Å². The quantitative estimate of drug-likeness (QED) is 0.682. The lowest BCUT2D eigenvalue weighted by Gasteiger charge is -2.04. The zero-order valence-electron chi connectivity index (χ0n) is 11.2. The molecule has 0 atom stereocenters. The standard InChI is InChI=1S/C16H10Cl2N2OS/c17-10-5-3-4-9(8-10)14(21)15-13(20-16(19)22-15)11-6-1-2-7-12(11)18/h1-8H,(H2,19,20). The van der Waals surface area contributed by atoms with Gasteiger partial charge in [0.1, 0.15) is 4.88 Å². The van der Waals surface area contributed by atoms with Gasteiger partial charge in [0.25, 0.3) is 0 Å². The third-order valence-electron chi connectivity index (χ3n) is 3.07. The Kier molecular flexibility index (Phi) is 4.16. The molecule has 0 aliphatic rings. The van der Waals surface area contributed by atoms with Crippen molar-refractivity contribution in [3.63, 3.8) is 0 Å². The second-order valence-electron chi connectivity index (χ2n) is 4.55. The molecule has 0 radical (unpaired) electrons. The minimum atomic E-state index is -0.174. The van der Waals surface area contributed by atoms with E-state index in [-0.39, 0.29) is 5.78 Å². The fraction of sp³-hybridized carbons (Fsp3) is 0. The fourth-order valence-corrected chi connectivity index (χ4v) is 3.31. The van der Waals surface area contributed by atoms with Gasteiger partial charge < -0.3 is 5.73 Å². The third-order valence-corrected chi connectivity index (χ3v) is 4.51. The molecule has 0 unspecified atom stereocenters. The van der Waals surface area contributed by atoms with Crippen LogP contribution in [0.3, 0.4) is 0 Å². The van der Waals surface area contributed by atoms with Crippen LogP contribution in [0, 0.1) is 0 Å². The Morgan fingerprint density at radius 1 is 1.09 bits per heavy atom. The van der Waals surface area contributed by atoms with Gasteiger partial charge in [0.2, 0.25) is 5.78 Å². The number of benzene rings is 2. The first-order valence-corrected chi connectivity index (χ1v) is 7.95. The fourth-order valence-electron chi connectivity index (χ4n) is 2.09. The molecule has 3 rings (SSSR count). The van der Waals surface area contributed by atoms with Gasteiger partial charge in [0, 0.05) is 16.1 Å². The summed E-state index contributed by atoms with van der Waals surface area (Å²) in [6.07, 6.45) is 0. The summed E-state index contributed by atoms with van der Waals surface area (Å²) >= 11 is 13.3. The molecule has 0 bridgehead atoms. The van der Waals surface area contributed by atoms with Gasteiger partial charge in [-0.25, -0.2) is 4.98 Å². The number of ketones is 1. The predicted octanol–water partition coefficient (Wildman–Crippen LogP) is 4.93. The van der Waals surface area contributed by atoms with Crippen LogP contribution in [0.1, 0.15) is 15.2 Å². The summed E-state index contributed by atoms with van der Waals surface area (Å²) in [4.78, 5) is 17.5. The highest BCUT2D eigenvalue weighted by molar-refractivity contribution is 7.18. The number of nitrogens with zero attached hydrogens (tertiary/aromatic N) is 1. The number of nitrogen functional groups attached to an aromatic ring is 1. The number of aromatic nitrogens is 1. The number of hydrogen-bond acceptors (Lipinski definition) is 4. The molecular weight excluding hydrogens is 339 g/mol.